The van der Waals surface area contributed by atoms with E-state index in [4.69, 9.17) is 4.84 Å². The number of amides is 1. The van der Waals surface area contributed by atoms with Crippen LogP contribution in [0.3, 0.4) is 0 Å². The molecule has 7 heteroatoms. The van der Waals surface area contributed by atoms with Crippen LogP contribution in [0.1, 0.15) is 15.9 Å². The van der Waals surface area contributed by atoms with E-state index in [1.807, 2.05) is 30.3 Å². The highest BCUT2D eigenvalue weighted by Gasteiger charge is 2.15. The molecule has 0 atom stereocenters. The van der Waals surface area contributed by atoms with E-state index in [1.165, 1.54) is 24.3 Å². The lowest BCUT2D eigenvalue weighted by atomic mass is 10.2. The number of hydrogen-bond acceptors (Lipinski definition) is 4. The molecule has 0 aromatic heterocycles. The van der Waals surface area contributed by atoms with E-state index >= 15 is 0 Å². The number of sulfonamides is 1. The molecular formula is C20H18N2O4S. The third-order valence-electron chi connectivity index (χ3n) is 3.70. The van der Waals surface area contributed by atoms with E-state index in [9.17, 15) is 13.2 Å². The van der Waals surface area contributed by atoms with Crippen LogP contribution in [0.15, 0.2) is 89.8 Å². The molecule has 138 valence electrons. The van der Waals surface area contributed by atoms with Gasteiger partial charge in [0.05, 0.1) is 11.5 Å². The minimum atomic E-state index is -3.72. The number of nitrogens with one attached hydrogen (secondary N) is 2. The maximum absolute atomic E-state index is 12.4. The van der Waals surface area contributed by atoms with Crippen molar-refractivity contribution in [1.82, 2.24) is 5.48 Å². The van der Waals surface area contributed by atoms with E-state index in [2.05, 4.69) is 10.2 Å². The van der Waals surface area contributed by atoms with Crippen LogP contribution < -0.4 is 10.2 Å². The Morgan fingerprint density at radius 1 is 0.815 bits per heavy atom. The molecule has 27 heavy (non-hydrogen) atoms. The van der Waals surface area contributed by atoms with Crippen molar-refractivity contribution >= 4 is 21.6 Å². The van der Waals surface area contributed by atoms with Crippen LogP contribution >= 0.6 is 0 Å². The predicted molar refractivity (Wildman–Crippen MR) is 102 cm³/mol. The Hall–Kier alpha value is -3.16. The molecule has 1 amide bonds. The second-order valence-corrected chi connectivity index (χ2v) is 7.38. The first kappa shape index (κ1) is 18.6. The summed E-state index contributed by atoms with van der Waals surface area (Å²) in [7, 11) is -3.72. The van der Waals surface area contributed by atoms with Crippen LogP contribution in [0.2, 0.25) is 0 Å². The summed E-state index contributed by atoms with van der Waals surface area (Å²) in [6, 6.07) is 23.6. The third-order valence-corrected chi connectivity index (χ3v) is 5.10. The van der Waals surface area contributed by atoms with Crippen LogP contribution in [0, 0.1) is 0 Å². The van der Waals surface area contributed by atoms with Gasteiger partial charge in [0.2, 0.25) is 0 Å². The van der Waals surface area contributed by atoms with E-state index in [-0.39, 0.29) is 11.5 Å². The van der Waals surface area contributed by atoms with E-state index in [1.54, 1.807) is 30.3 Å². The van der Waals surface area contributed by atoms with Crippen molar-refractivity contribution in [2.24, 2.45) is 0 Å². The number of carbonyl (C=O) groups excluding carboxylic acids is 1. The molecule has 0 heterocycles. The first-order chi connectivity index (χ1) is 13.0. The van der Waals surface area contributed by atoms with E-state index in [0.717, 1.165) is 5.56 Å². The van der Waals surface area contributed by atoms with Crippen molar-refractivity contribution in [2.75, 3.05) is 4.72 Å². The first-order valence-electron chi connectivity index (χ1n) is 8.18. The first-order valence-corrected chi connectivity index (χ1v) is 9.67. The standard InChI is InChI=1S/C20H18N2O4S/c23-20(21-26-15-16-7-3-1-4-8-16)17-11-13-19(14-12-17)27(24,25)22-18-9-5-2-6-10-18/h1-14,22H,15H2,(H,21,23). The van der Waals surface area contributed by atoms with Crippen molar-refractivity contribution in [1.29, 1.82) is 0 Å². The highest BCUT2D eigenvalue weighted by molar-refractivity contribution is 7.92. The largest absolute Gasteiger partial charge is 0.280 e. The van der Waals surface area contributed by atoms with Crippen LogP contribution in [-0.4, -0.2) is 14.3 Å². The van der Waals surface area contributed by atoms with E-state index < -0.39 is 15.9 Å². The summed E-state index contributed by atoms with van der Waals surface area (Å²) in [6.45, 7) is 0.236. The fourth-order valence-corrected chi connectivity index (χ4v) is 3.38. The van der Waals surface area contributed by atoms with Gasteiger partial charge in [-0.2, -0.15) is 0 Å². The Morgan fingerprint density at radius 2 is 1.41 bits per heavy atom. The van der Waals surface area contributed by atoms with Gasteiger partial charge in [0.15, 0.2) is 0 Å². The van der Waals surface area contributed by atoms with Gasteiger partial charge in [0, 0.05) is 11.3 Å². The lowest BCUT2D eigenvalue weighted by Gasteiger charge is -2.09. The molecule has 0 bridgehead atoms. The highest BCUT2D eigenvalue weighted by atomic mass is 32.2. The maximum Gasteiger partial charge on any atom is 0.274 e. The Balaban J connectivity index is 1.60. The van der Waals surface area contributed by atoms with Gasteiger partial charge in [-0.15, -0.1) is 0 Å². The maximum atomic E-state index is 12.4. The topological polar surface area (TPSA) is 84.5 Å². The molecule has 0 unspecified atom stereocenters. The Bertz CT molecular complexity index is 989. The quantitative estimate of drug-likeness (QED) is 0.614. The molecule has 0 aliphatic carbocycles. The van der Waals surface area contributed by atoms with E-state index in [0.29, 0.717) is 11.3 Å². The molecule has 0 saturated heterocycles. The Morgan fingerprint density at radius 3 is 2.04 bits per heavy atom. The van der Waals surface area contributed by atoms with Crippen LogP contribution in [-0.2, 0) is 21.5 Å². The SMILES string of the molecule is O=C(NOCc1ccccc1)c1ccc(S(=O)(=O)Nc2ccccc2)cc1. The number of hydrogen-bond donors (Lipinski definition) is 2. The van der Waals surface area contributed by atoms with Crippen molar-refractivity contribution in [3.63, 3.8) is 0 Å². The molecule has 0 aliphatic heterocycles. The molecule has 0 fully saturated rings. The molecule has 0 aliphatic rings. The Labute approximate surface area is 157 Å². The second-order valence-electron chi connectivity index (χ2n) is 5.70. The zero-order chi connectivity index (χ0) is 19.1. The molecule has 3 rings (SSSR count). The summed E-state index contributed by atoms with van der Waals surface area (Å²) >= 11 is 0. The minimum Gasteiger partial charge on any atom is -0.280 e. The van der Waals surface area contributed by atoms with Crippen LogP contribution in [0.5, 0.6) is 0 Å². The highest BCUT2D eigenvalue weighted by Crippen LogP contribution is 2.16. The van der Waals surface area contributed by atoms with Gasteiger partial charge < -0.3 is 0 Å². The number of benzene rings is 3. The summed E-state index contributed by atoms with van der Waals surface area (Å²) in [5.41, 5.74) is 4.02. The van der Waals surface area contributed by atoms with Gasteiger partial charge in [0.25, 0.3) is 15.9 Å². The summed E-state index contributed by atoms with van der Waals surface area (Å²) in [4.78, 5) is 17.3. The number of rotatable bonds is 7. The second kappa shape index (κ2) is 8.48. The fourth-order valence-electron chi connectivity index (χ4n) is 2.32. The van der Waals surface area contributed by atoms with Crippen LogP contribution in [0.4, 0.5) is 5.69 Å². The average Bonchev–Trinajstić information content (AvgIpc) is 2.69. The molecule has 0 spiro atoms. The zero-order valence-corrected chi connectivity index (χ0v) is 15.1. The smallest absolute Gasteiger partial charge is 0.274 e. The van der Waals surface area contributed by atoms with Gasteiger partial charge in [-0.3, -0.25) is 14.4 Å². The number of carbonyl (C=O) groups is 1. The lowest BCUT2D eigenvalue weighted by molar-refractivity contribution is 0.0233. The third kappa shape index (κ3) is 5.16. The summed E-state index contributed by atoms with van der Waals surface area (Å²) in [5, 5.41) is 0. The van der Waals surface area contributed by atoms with Crippen molar-refractivity contribution in [3.8, 4) is 0 Å². The summed E-state index contributed by atoms with van der Waals surface area (Å²) < 4.78 is 27.2. The van der Waals surface area contributed by atoms with Gasteiger partial charge >= 0.3 is 0 Å². The van der Waals surface area contributed by atoms with Crippen molar-refractivity contribution in [3.05, 3.63) is 96.1 Å². The van der Waals surface area contributed by atoms with Gasteiger partial charge in [-0.05, 0) is 42.0 Å². The Kier molecular flexibility index (Phi) is 5.85. The molecule has 2 N–H and O–H groups in total. The molecule has 0 saturated carbocycles. The molecule has 3 aromatic rings. The number of anilines is 1. The average molecular weight is 382 g/mol. The lowest BCUT2D eigenvalue weighted by Crippen LogP contribution is -2.23. The van der Waals surface area contributed by atoms with Gasteiger partial charge in [-0.25, -0.2) is 13.9 Å². The predicted octanol–water partition coefficient (Wildman–Crippen LogP) is 3.35. The van der Waals surface area contributed by atoms with Gasteiger partial charge in [-0.1, -0.05) is 48.5 Å². The monoisotopic (exact) mass is 382 g/mol. The fraction of sp³-hybridized carbons (Fsp3) is 0.0500. The summed E-state index contributed by atoms with van der Waals surface area (Å²) in [5.74, 6) is -0.453. The number of hydroxylamine groups is 1. The summed E-state index contributed by atoms with van der Waals surface area (Å²) in [6.07, 6.45) is 0. The normalized spacial score (nSPS) is 11.0. The van der Waals surface area contributed by atoms with Crippen molar-refractivity contribution < 1.29 is 18.0 Å². The molecular weight excluding hydrogens is 364 g/mol. The zero-order valence-electron chi connectivity index (χ0n) is 14.3. The minimum absolute atomic E-state index is 0.0631. The molecule has 6 nitrogen and oxygen atoms in total. The van der Waals surface area contributed by atoms with Crippen molar-refractivity contribution in [2.45, 2.75) is 11.5 Å². The van der Waals surface area contributed by atoms with Gasteiger partial charge in [0.1, 0.15) is 0 Å². The molecule has 0 radical (unpaired) electrons. The number of para-hydroxylation sites is 1. The molecule has 3 aromatic carbocycles. The van der Waals surface area contributed by atoms with Crippen LogP contribution in [0.25, 0.3) is 0 Å².